The molecule has 0 aliphatic heterocycles. The Hall–Kier alpha value is -0.390. The third-order valence-corrected chi connectivity index (χ3v) is 3.21. The van der Waals surface area contributed by atoms with Crippen molar-refractivity contribution in [3.8, 4) is 5.75 Å². The number of aliphatic hydroxyl groups is 1. The highest BCUT2D eigenvalue weighted by atomic mass is 79.9. The smallest absolute Gasteiger partial charge is 0.177 e. The first-order chi connectivity index (χ1) is 7.13. The van der Waals surface area contributed by atoms with Gasteiger partial charge in [0.15, 0.2) is 5.78 Å². The summed E-state index contributed by atoms with van der Waals surface area (Å²) in [5.41, 5.74) is 1.19. The molecular formula is C10H10Br2O3. The zero-order chi connectivity index (χ0) is 11.4. The number of carbonyl (C=O) groups is 1. The quantitative estimate of drug-likeness (QED) is 0.678. The van der Waals surface area contributed by atoms with Gasteiger partial charge in [0, 0.05) is 4.47 Å². The fraction of sp³-hybridized carbons (Fsp3) is 0.300. The second kappa shape index (κ2) is 5.63. The topological polar surface area (TPSA) is 46.5 Å². The Morgan fingerprint density at radius 2 is 2.20 bits per heavy atom. The minimum absolute atomic E-state index is 0.0583. The summed E-state index contributed by atoms with van der Waals surface area (Å²) in [5.74, 6) is 0.420. The summed E-state index contributed by atoms with van der Waals surface area (Å²) < 4.78 is 5.80. The average molecular weight is 338 g/mol. The summed E-state index contributed by atoms with van der Waals surface area (Å²) >= 11 is 6.39. The summed E-state index contributed by atoms with van der Waals surface area (Å²) in [6.07, 6.45) is 0. The molecule has 0 bridgehead atoms. The van der Waals surface area contributed by atoms with Crippen molar-refractivity contribution in [2.75, 3.05) is 12.4 Å². The molecule has 0 aliphatic carbocycles. The third kappa shape index (κ3) is 2.80. The number of Topliss-reactive ketones (excluding diaryl/α,β-unsaturated/α-hetero) is 1. The van der Waals surface area contributed by atoms with E-state index in [1.54, 1.807) is 12.1 Å². The highest BCUT2D eigenvalue weighted by Crippen LogP contribution is 2.28. The molecule has 1 aromatic rings. The van der Waals surface area contributed by atoms with Crippen LogP contribution in [-0.2, 0) is 6.61 Å². The van der Waals surface area contributed by atoms with E-state index in [-0.39, 0.29) is 17.7 Å². The van der Waals surface area contributed by atoms with Crippen molar-refractivity contribution in [1.29, 1.82) is 0 Å². The van der Waals surface area contributed by atoms with Crippen LogP contribution in [-0.4, -0.2) is 23.3 Å². The molecule has 1 aromatic carbocycles. The van der Waals surface area contributed by atoms with E-state index in [4.69, 9.17) is 9.84 Å². The fourth-order valence-electron chi connectivity index (χ4n) is 1.18. The van der Waals surface area contributed by atoms with E-state index in [1.165, 1.54) is 7.11 Å². The van der Waals surface area contributed by atoms with Gasteiger partial charge in [-0.3, -0.25) is 4.79 Å². The van der Waals surface area contributed by atoms with Gasteiger partial charge >= 0.3 is 0 Å². The molecule has 0 saturated heterocycles. The molecule has 0 heterocycles. The van der Waals surface area contributed by atoms with Crippen LogP contribution < -0.4 is 4.74 Å². The second-order valence-corrected chi connectivity index (χ2v) is 4.27. The van der Waals surface area contributed by atoms with Gasteiger partial charge in [-0.05, 0) is 17.7 Å². The van der Waals surface area contributed by atoms with E-state index in [1.807, 2.05) is 0 Å². The Labute approximate surface area is 105 Å². The van der Waals surface area contributed by atoms with E-state index in [0.29, 0.717) is 21.3 Å². The number of ketones is 1. The molecule has 0 amide bonds. The SMILES string of the molecule is COc1cc(CO)c(Br)cc1C(=O)CBr. The van der Waals surface area contributed by atoms with Crippen molar-refractivity contribution in [2.45, 2.75) is 6.61 Å². The Balaban J connectivity index is 3.27. The summed E-state index contributed by atoms with van der Waals surface area (Å²) in [5, 5.41) is 9.29. The summed E-state index contributed by atoms with van der Waals surface area (Å²) in [7, 11) is 1.50. The minimum Gasteiger partial charge on any atom is -0.496 e. The molecule has 0 unspecified atom stereocenters. The summed E-state index contributed by atoms with van der Waals surface area (Å²) in [6.45, 7) is -0.0975. The van der Waals surface area contributed by atoms with Gasteiger partial charge in [-0.25, -0.2) is 0 Å². The van der Waals surface area contributed by atoms with Gasteiger partial charge in [-0.1, -0.05) is 31.9 Å². The third-order valence-electron chi connectivity index (χ3n) is 1.96. The monoisotopic (exact) mass is 336 g/mol. The predicted molar refractivity (Wildman–Crippen MR) is 64.7 cm³/mol. The highest BCUT2D eigenvalue weighted by Gasteiger charge is 2.14. The number of carbonyl (C=O) groups excluding carboxylic acids is 1. The largest absolute Gasteiger partial charge is 0.496 e. The van der Waals surface area contributed by atoms with Crippen molar-refractivity contribution in [1.82, 2.24) is 0 Å². The fourth-order valence-corrected chi connectivity index (χ4v) is 1.95. The number of aliphatic hydroxyl groups excluding tert-OH is 1. The number of hydrogen-bond donors (Lipinski definition) is 1. The molecule has 3 nitrogen and oxygen atoms in total. The molecule has 1 N–H and O–H groups in total. The van der Waals surface area contributed by atoms with Crippen molar-refractivity contribution < 1.29 is 14.6 Å². The van der Waals surface area contributed by atoms with Gasteiger partial charge in [0.05, 0.1) is 24.6 Å². The Morgan fingerprint density at radius 3 is 2.67 bits per heavy atom. The first-order valence-corrected chi connectivity index (χ1v) is 6.12. The van der Waals surface area contributed by atoms with E-state index in [9.17, 15) is 4.79 Å². The lowest BCUT2D eigenvalue weighted by molar-refractivity contribution is 0.102. The number of alkyl halides is 1. The first-order valence-electron chi connectivity index (χ1n) is 4.20. The first kappa shape index (κ1) is 12.7. The van der Waals surface area contributed by atoms with Crippen molar-refractivity contribution in [3.63, 3.8) is 0 Å². The van der Waals surface area contributed by atoms with Crippen LogP contribution in [0.4, 0.5) is 0 Å². The van der Waals surface area contributed by atoms with Crippen LogP contribution >= 0.6 is 31.9 Å². The van der Waals surface area contributed by atoms with E-state index < -0.39 is 0 Å². The predicted octanol–water partition coefficient (Wildman–Crippen LogP) is 2.53. The van der Waals surface area contributed by atoms with Gasteiger partial charge in [0.2, 0.25) is 0 Å². The lowest BCUT2D eigenvalue weighted by Crippen LogP contribution is -2.04. The minimum atomic E-state index is -0.0975. The lowest BCUT2D eigenvalue weighted by Gasteiger charge is -2.10. The number of benzene rings is 1. The average Bonchev–Trinajstić information content (AvgIpc) is 2.27. The van der Waals surface area contributed by atoms with Gasteiger partial charge in [-0.2, -0.15) is 0 Å². The van der Waals surface area contributed by atoms with Crippen molar-refractivity contribution in [3.05, 3.63) is 27.7 Å². The van der Waals surface area contributed by atoms with Gasteiger partial charge in [0.25, 0.3) is 0 Å². The van der Waals surface area contributed by atoms with Crippen LogP contribution in [0.3, 0.4) is 0 Å². The summed E-state index contributed by atoms with van der Waals surface area (Å²) in [6, 6.07) is 3.31. The molecule has 0 spiro atoms. The number of halogens is 2. The van der Waals surface area contributed by atoms with Gasteiger partial charge in [-0.15, -0.1) is 0 Å². The van der Waals surface area contributed by atoms with Crippen LogP contribution in [0, 0.1) is 0 Å². The maximum atomic E-state index is 11.5. The molecule has 0 aromatic heterocycles. The number of methoxy groups -OCH3 is 1. The van der Waals surface area contributed by atoms with Gasteiger partial charge < -0.3 is 9.84 Å². The van der Waals surface area contributed by atoms with E-state index in [0.717, 1.165) is 0 Å². The number of hydrogen-bond acceptors (Lipinski definition) is 3. The second-order valence-electron chi connectivity index (χ2n) is 2.86. The molecular weight excluding hydrogens is 328 g/mol. The van der Waals surface area contributed by atoms with Crippen LogP contribution in [0.1, 0.15) is 15.9 Å². The molecule has 1 rings (SSSR count). The van der Waals surface area contributed by atoms with Crippen molar-refractivity contribution >= 4 is 37.6 Å². The van der Waals surface area contributed by atoms with Crippen LogP contribution in [0.5, 0.6) is 5.75 Å². The number of ether oxygens (including phenoxy) is 1. The zero-order valence-electron chi connectivity index (χ0n) is 8.09. The Morgan fingerprint density at radius 1 is 1.53 bits per heavy atom. The molecule has 82 valence electrons. The molecule has 0 saturated carbocycles. The normalized spacial score (nSPS) is 10.1. The van der Waals surface area contributed by atoms with Crippen LogP contribution in [0.2, 0.25) is 0 Å². The summed E-state index contributed by atoms with van der Waals surface area (Å²) in [4.78, 5) is 11.5. The Bertz CT molecular complexity index is 377. The molecule has 0 fully saturated rings. The van der Waals surface area contributed by atoms with Crippen LogP contribution in [0.25, 0.3) is 0 Å². The van der Waals surface area contributed by atoms with Crippen molar-refractivity contribution in [2.24, 2.45) is 0 Å². The molecule has 0 radical (unpaired) electrons. The standard InChI is InChI=1S/C10H10Br2O3/c1-15-10-2-6(5-13)8(12)3-7(10)9(14)4-11/h2-3,13H,4-5H2,1H3. The van der Waals surface area contributed by atoms with E-state index in [2.05, 4.69) is 31.9 Å². The molecule has 5 heteroatoms. The Kier molecular flexibility index (Phi) is 4.76. The van der Waals surface area contributed by atoms with Gasteiger partial charge in [0.1, 0.15) is 5.75 Å². The van der Waals surface area contributed by atoms with Crippen LogP contribution in [0.15, 0.2) is 16.6 Å². The molecule has 0 atom stereocenters. The maximum absolute atomic E-state index is 11.5. The maximum Gasteiger partial charge on any atom is 0.177 e. The highest BCUT2D eigenvalue weighted by molar-refractivity contribution is 9.10. The zero-order valence-corrected chi connectivity index (χ0v) is 11.3. The molecule has 15 heavy (non-hydrogen) atoms. The van der Waals surface area contributed by atoms with E-state index >= 15 is 0 Å². The molecule has 0 aliphatic rings. The number of rotatable bonds is 4. The lowest BCUT2D eigenvalue weighted by atomic mass is 10.1.